The summed E-state index contributed by atoms with van der Waals surface area (Å²) in [6, 6.07) is 1.15. The number of nitrogens with zero attached hydrogens (tertiary/aromatic N) is 2. The first kappa shape index (κ1) is 10.6. The van der Waals surface area contributed by atoms with E-state index in [0.717, 1.165) is 19.4 Å². The minimum atomic E-state index is -0.781. The van der Waals surface area contributed by atoms with Crippen LogP contribution in [0, 0.1) is 10.1 Å². The highest BCUT2D eigenvalue weighted by Gasteiger charge is 2.21. The fraction of sp³-hybridized carbons (Fsp3) is 0.143. The second kappa shape index (κ2) is 4.14. The number of nitro groups is 1. The average molecular weight is 261 g/mol. The van der Waals surface area contributed by atoms with Crippen LogP contribution in [0.4, 0.5) is 5.69 Å². The first-order valence-electron chi connectivity index (χ1n) is 3.44. The fourth-order valence-corrected chi connectivity index (χ4v) is 1.16. The minimum absolute atomic E-state index is 0.166. The van der Waals surface area contributed by atoms with Crippen LogP contribution in [0.2, 0.25) is 0 Å². The third-order valence-corrected chi connectivity index (χ3v) is 1.88. The molecule has 0 unspecified atom stereocenters. The highest BCUT2D eigenvalue weighted by Crippen LogP contribution is 2.21. The van der Waals surface area contributed by atoms with Crippen LogP contribution in [-0.2, 0) is 4.74 Å². The van der Waals surface area contributed by atoms with Gasteiger partial charge in [0.25, 0.3) is 5.69 Å². The molecule has 0 aliphatic carbocycles. The molecule has 7 heteroatoms. The molecule has 1 aromatic rings. The Hall–Kier alpha value is -1.50. The Labute approximate surface area is 87.2 Å². The molecule has 14 heavy (non-hydrogen) atoms. The molecule has 1 aromatic heterocycles. The molecule has 0 fully saturated rings. The number of halogens is 1. The minimum Gasteiger partial charge on any atom is -0.465 e. The lowest BCUT2D eigenvalue weighted by Crippen LogP contribution is -2.06. The Balaban J connectivity index is 3.28. The van der Waals surface area contributed by atoms with E-state index < -0.39 is 10.9 Å². The van der Waals surface area contributed by atoms with Gasteiger partial charge >= 0.3 is 5.97 Å². The number of aromatic nitrogens is 1. The highest BCUT2D eigenvalue weighted by atomic mass is 79.9. The maximum atomic E-state index is 11.1. The summed E-state index contributed by atoms with van der Waals surface area (Å²) in [4.78, 5) is 24.6. The van der Waals surface area contributed by atoms with Crippen LogP contribution in [-0.4, -0.2) is 23.0 Å². The molecule has 0 saturated heterocycles. The van der Waals surface area contributed by atoms with Gasteiger partial charge < -0.3 is 4.74 Å². The number of methoxy groups -OCH3 is 1. The van der Waals surface area contributed by atoms with Gasteiger partial charge in [-0.1, -0.05) is 0 Å². The smallest absolute Gasteiger partial charge is 0.346 e. The summed E-state index contributed by atoms with van der Waals surface area (Å²) < 4.78 is 4.66. The molecule has 0 amide bonds. The fourth-order valence-electron chi connectivity index (χ4n) is 0.838. The summed E-state index contributed by atoms with van der Waals surface area (Å²) in [5, 5.41) is 10.5. The molecule has 0 aromatic carbocycles. The second-order valence-electron chi connectivity index (χ2n) is 2.27. The lowest BCUT2D eigenvalue weighted by molar-refractivity contribution is -0.385. The summed E-state index contributed by atoms with van der Waals surface area (Å²) in [5.74, 6) is -0.781. The van der Waals surface area contributed by atoms with Crippen molar-refractivity contribution in [2.24, 2.45) is 0 Å². The van der Waals surface area contributed by atoms with Gasteiger partial charge in [0.05, 0.1) is 12.0 Å². The quantitative estimate of drug-likeness (QED) is 0.349. The Morgan fingerprint density at radius 2 is 2.36 bits per heavy atom. The van der Waals surface area contributed by atoms with Crippen molar-refractivity contribution in [3.8, 4) is 0 Å². The van der Waals surface area contributed by atoms with E-state index in [2.05, 4.69) is 25.7 Å². The summed E-state index contributed by atoms with van der Waals surface area (Å²) in [6.45, 7) is 0. The molecule has 0 radical (unpaired) electrons. The number of pyridine rings is 1. The van der Waals surface area contributed by atoms with Crippen LogP contribution in [0.1, 0.15) is 10.4 Å². The molecule has 6 nitrogen and oxygen atoms in total. The first-order valence-corrected chi connectivity index (χ1v) is 4.24. The molecular weight excluding hydrogens is 256 g/mol. The van der Waals surface area contributed by atoms with Gasteiger partial charge in [0.15, 0.2) is 5.56 Å². The Kier molecular flexibility index (Phi) is 3.13. The lowest BCUT2D eigenvalue weighted by atomic mass is 10.2. The van der Waals surface area contributed by atoms with Crippen LogP contribution in [0.5, 0.6) is 0 Å². The van der Waals surface area contributed by atoms with Crippen molar-refractivity contribution in [2.45, 2.75) is 0 Å². The van der Waals surface area contributed by atoms with Crippen molar-refractivity contribution in [2.75, 3.05) is 7.11 Å². The topological polar surface area (TPSA) is 82.3 Å². The number of hydrogen-bond acceptors (Lipinski definition) is 5. The molecule has 0 spiro atoms. The molecule has 1 rings (SSSR count). The van der Waals surface area contributed by atoms with Crippen molar-refractivity contribution in [1.29, 1.82) is 0 Å². The number of esters is 1. The van der Waals surface area contributed by atoms with Crippen LogP contribution < -0.4 is 0 Å². The van der Waals surface area contributed by atoms with Crippen LogP contribution in [0.15, 0.2) is 16.9 Å². The zero-order chi connectivity index (χ0) is 10.7. The van der Waals surface area contributed by atoms with Crippen molar-refractivity contribution in [3.63, 3.8) is 0 Å². The van der Waals surface area contributed by atoms with Gasteiger partial charge in [0.2, 0.25) is 0 Å². The van der Waals surface area contributed by atoms with E-state index in [9.17, 15) is 14.9 Å². The third kappa shape index (κ3) is 2.05. The Morgan fingerprint density at radius 3 is 2.86 bits per heavy atom. The van der Waals surface area contributed by atoms with Gasteiger partial charge in [-0.2, -0.15) is 0 Å². The molecule has 0 bridgehead atoms. The van der Waals surface area contributed by atoms with Gasteiger partial charge in [-0.3, -0.25) is 10.1 Å². The molecule has 74 valence electrons. The standard InChI is InChI=1S/C7H5BrN2O4/c1-14-7(11)4-3-9-6(8)2-5(4)10(12)13/h2-3H,1H3. The van der Waals surface area contributed by atoms with E-state index in [1.807, 2.05) is 0 Å². The third-order valence-electron chi connectivity index (χ3n) is 1.45. The largest absolute Gasteiger partial charge is 0.465 e. The highest BCUT2D eigenvalue weighted by molar-refractivity contribution is 9.10. The van der Waals surface area contributed by atoms with Crippen LogP contribution >= 0.6 is 15.9 Å². The molecular formula is C7H5BrN2O4. The van der Waals surface area contributed by atoms with E-state index in [1.165, 1.54) is 0 Å². The van der Waals surface area contributed by atoms with Gasteiger partial charge in [-0.25, -0.2) is 9.78 Å². The van der Waals surface area contributed by atoms with E-state index in [4.69, 9.17) is 0 Å². The van der Waals surface area contributed by atoms with Gasteiger partial charge in [-0.15, -0.1) is 0 Å². The zero-order valence-electron chi connectivity index (χ0n) is 7.06. The van der Waals surface area contributed by atoms with E-state index in [-0.39, 0.29) is 15.9 Å². The number of carbonyl (C=O) groups is 1. The molecule has 0 aliphatic rings. The van der Waals surface area contributed by atoms with E-state index in [1.54, 1.807) is 0 Å². The number of ether oxygens (including phenoxy) is 1. The van der Waals surface area contributed by atoms with Gasteiger partial charge in [0.1, 0.15) is 4.60 Å². The predicted molar refractivity (Wildman–Crippen MR) is 49.9 cm³/mol. The lowest BCUT2D eigenvalue weighted by Gasteiger charge is -2.00. The van der Waals surface area contributed by atoms with E-state index >= 15 is 0 Å². The van der Waals surface area contributed by atoms with Crippen LogP contribution in [0.25, 0.3) is 0 Å². The van der Waals surface area contributed by atoms with E-state index in [0.29, 0.717) is 0 Å². The number of hydrogen-bond donors (Lipinski definition) is 0. The average Bonchev–Trinajstić information content (AvgIpc) is 2.16. The monoisotopic (exact) mass is 260 g/mol. The van der Waals surface area contributed by atoms with Gasteiger partial charge in [0, 0.05) is 12.3 Å². The molecule has 0 N–H and O–H groups in total. The normalized spacial score (nSPS) is 9.57. The number of carbonyl (C=O) groups excluding carboxylic acids is 1. The SMILES string of the molecule is COC(=O)c1cnc(Br)cc1[N+](=O)[O-]. The predicted octanol–water partition coefficient (Wildman–Crippen LogP) is 1.54. The summed E-state index contributed by atoms with van der Waals surface area (Å²) in [7, 11) is 1.15. The summed E-state index contributed by atoms with van der Waals surface area (Å²) >= 11 is 2.97. The molecule has 0 atom stereocenters. The van der Waals surface area contributed by atoms with Crippen molar-refractivity contribution in [1.82, 2.24) is 4.98 Å². The van der Waals surface area contributed by atoms with Crippen molar-refractivity contribution >= 4 is 27.6 Å². The zero-order valence-corrected chi connectivity index (χ0v) is 8.65. The van der Waals surface area contributed by atoms with Gasteiger partial charge in [-0.05, 0) is 15.9 Å². The van der Waals surface area contributed by atoms with Crippen molar-refractivity contribution < 1.29 is 14.5 Å². The second-order valence-corrected chi connectivity index (χ2v) is 3.09. The van der Waals surface area contributed by atoms with Crippen LogP contribution in [0.3, 0.4) is 0 Å². The number of rotatable bonds is 2. The maximum Gasteiger partial charge on any atom is 0.346 e. The summed E-state index contributed by atoms with van der Waals surface area (Å²) in [6.07, 6.45) is 1.09. The summed E-state index contributed by atoms with van der Waals surface area (Å²) in [5.41, 5.74) is -0.501. The first-order chi connectivity index (χ1) is 6.56. The Morgan fingerprint density at radius 1 is 1.71 bits per heavy atom. The molecule has 1 heterocycles. The van der Waals surface area contributed by atoms with Crippen molar-refractivity contribution in [3.05, 3.63) is 32.5 Å². The molecule has 0 aliphatic heterocycles. The Bertz CT molecular complexity index is 393. The molecule has 0 saturated carbocycles. The maximum absolute atomic E-state index is 11.1.